The maximum Gasteiger partial charge on any atom is 0.227 e. The summed E-state index contributed by atoms with van der Waals surface area (Å²) in [5, 5.41) is 3.65. The fourth-order valence-corrected chi connectivity index (χ4v) is 3.11. The van der Waals surface area contributed by atoms with Gasteiger partial charge in [0.05, 0.1) is 0 Å². The molecule has 0 unspecified atom stereocenters. The monoisotopic (exact) mass is 336 g/mol. The minimum absolute atomic E-state index is 0.0275. The molecule has 0 radical (unpaired) electrons. The molecule has 1 aromatic carbocycles. The first kappa shape index (κ1) is 17.8. The Balaban J connectivity index is 1.85. The molecule has 1 aliphatic rings. The molecule has 1 aromatic rings. The Kier molecular flexibility index (Phi) is 6.46. The highest BCUT2D eigenvalue weighted by atomic mass is 35.5. The van der Waals surface area contributed by atoms with Crippen LogP contribution in [0.3, 0.4) is 0 Å². The van der Waals surface area contributed by atoms with E-state index >= 15 is 0 Å². The second kappa shape index (κ2) is 8.34. The number of halogens is 1. The zero-order valence-electron chi connectivity index (χ0n) is 13.9. The smallest absolute Gasteiger partial charge is 0.227 e. The van der Waals surface area contributed by atoms with Gasteiger partial charge in [0.15, 0.2) is 0 Å². The van der Waals surface area contributed by atoms with E-state index in [4.69, 9.17) is 11.6 Å². The van der Waals surface area contributed by atoms with Crippen LogP contribution in [0.15, 0.2) is 18.2 Å². The quantitative estimate of drug-likeness (QED) is 0.883. The topological polar surface area (TPSA) is 49.4 Å². The first-order valence-electron chi connectivity index (χ1n) is 8.36. The van der Waals surface area contributed by atoms with Crippen molar-refractivity contribution in [2.75, 3.05) is 18.4 Å². The first-order valence-corrected chi connectivity index (χ1v) is 8.74. The van der Waals surface area contributed by atoms with Gasteiger partial charge in [0.2, 0.25) is 11.8 Å². The van der Waals surface area contributed by atoms with Crippen LogP contribution in [-0.4, -0.2) is 29.8 Å². The Morgan fingerprint density at radius 2 is 2.00 bits per heavy atom. The van der Waals surface area contributed by atoms with E-state index in [0.717, 1.165) is 36.9 Å². The van der Waals surface area contributed by atoms with Crippen LogP contribution < -0.4 is 5.32 Å². The highest BCUT2D eigenvalue weighted by Gasteiger charge is 2.27. The molecule has 0 atom stereocenters. The number of anilines is 1. The maximum absolute atomic E-state index is 12.4. The summed E-state index contributed by atoms with van der Waals surface area (Å²) in [6.07, 6.45) is 4.06. The van der Waals surface area contributed by atoms with Gasteiger partial charge in [0, 0.05) is 36.1 Å². The molecule has 1 saturated heterocycles. The molecular weight excluding hydrogens is 312 g/mol. The van der Waals surface area contributed by atoms with Gasteiger partial charge in [-0.2, -0.15) is 0 Å². The van der Waals surface area contributed by atoms with Crippen LogP contribution in [0.5, 0.6) is 0 Å². The number of piperidine rings is 1. The average Bonchev–Trinajstić information content (AvgIpc) is 2.55. The van der Waals surface area contributed by atoms with E-state index in [1.807, 2.05) is 24.0 Å². The number of unbranched alkanes of at least 4 members (excludes halogenated alkanes) is 1. The fourth-order valence-electron chi connectivity index (χ4n) is 2.88. The number of carbonyl (C=O) groups is 2. The Hall–Kier alpha value is -1.55. The lowest BCUT2D eigenvalue weighted by Gasteiger charge is -2.31. The summed E-state index contributed by atoms with van der Waals surface area (Å²) in [7, 11) is 0. The minimum Gasteiger partial charge on any atom is -0.343 e. The van der Waals surface area contributed by atoms with Crippen molar-refractivity contribution in [3.8, 4) is 0 Å². The van der Waals surface area contributed by atoms with Crippen LogP contribution in [0.25, 0.3) is 0 Å². The van der Waals surface area contributed by atoms with Gasteiger partial charge in [0.1, 0.15) is 0 Å². The van der Waals surface area contributed by atoms with Crippen molar-refractivity contribution < 1.29 is 9.59 Å². The van der Waals surface area contributed by atoms with Crippen LogP contribution in [-0.2, 0) is 9.59 Å². The molecule has 23 heavy (non-hydrogen) atoms. The number of rotatable bonds is 5. The average molecular weight is 337 g/mol. The Bertz CT molecular complexity index is 566. The van der Waals surface area contributed by atoms with E-state index in [1.165, 1.54) is 0 Å². The highest BCUT2D eigenvalue weighted by Crippen LogP contribution is 2.23. The van der Waals surface area contributed by atoms with Gasteiger partial charge in [-0.25, -0.2) is 0 Å². The number of nitrogens with one attached hydrogen (secondary N) is 1. The zero-order chi connectivity index (χ0) is 16.8. The van der Waals surface area contributed by atoms with Crippen molar-refractivity contribution >= 4 is 29.1 Å². The number of amides is 2. The third kappa shape index (κ3) is 4.96. The van der Waals surface area contributed by atoms with Gasteiger partial charge >= 0.3 is 0 Å². The van der Waals surface area contributed by atoms with E-state index < -0.39 is 0 Å². The summed E-state index contributed by atoms with van der Waals surface area (Å²) in [4.78, 5) is 26.3. The van der Waals surface area contributed by atoms with Gasteiger partial charge in [-0.3, -0.25) is 9.59 Å². The Morgan fingerprint density at radius 1 is 1.30 bits per heavy atom. The number of hydrogen-bond acceptors (Lipinski definition) is 2. The van der Waals surface area contributed by atoms with E-state index in [1.54, 1.807) is 6.07 Å². The van der Waals surface area contributed by atoms with Crippen LogP contribution in [0.2, 0.25) is 5.02 Å². The molecule has 1 aliphatic heterocycles. The fraction of sp³-hybridized carbons (Fsp3) is 0.556. The SMILES string of the molecule is CCCCC(=O)N1CCC(C(=O)Nc2ccc(Cl)cc2C)CC1. The second-order valence-electron chi connectivity index (χ2n) is 6.21. The van der Waals surface area contributed by atoms with E-state index in [-0.39, 0.29) is 17.7 Å². The summed E-state index contributed by atoms with van der Waals surface area (Å²) in [5.74, 6) is 0.232. The molecule has 1 heterocycles. The molecule has 0 spiro atoms. The van der Waals surface area contributed by atoms with E-state index in [9.17, 15) is 9.59 Å². The van der Waals surface area contributed by atoms with Crippen LogP contribution in [0.1, 0.15) is 44.6 Å². The largest absolute Gasteiger partial charge is 0.343 e. The third-order valence-corrected chi connectivity index (χ3v) is 4.64. The molecule has 0 bridgehead atoms. The summed E-state index contributed by atoms with van der Waals surface area (Å²) in [6, 6.07) is 5.45. The summed E-state index contributed by atoms with van der Waals surface area (Å²) in [5.41, 5.74) is 1.76. The molecule has 1 N–H and O–H groups in total. The van der Waals surface area contributed by atoms with Gasteiger partial charge in [-0.15, -0.1) is 0 Å². The number of aryl methyl sites for hydroxylation is 1. The van der Waals surface area contributed by atoms with Crippen LogP contribution in [0, 0.1) is 12.8 Å². The summed E-state index contributed by atoms with van der Waals surface area (Å²) in [6.45, 7) is 5.37. The molecule has 0 saturated carbocycles. The molecule has 1 fully saturated rings. The zero-order valence-corrected chi connectivity index (χ0v) is 14.7. The van der Waals surface area contributed by atoms with Crippen molar-refractivity contribution in [1.29, 1.82) is 0 Å². The molecule has 2 amide bonds. The van der Waals surface area contributed by atoms with Crippen molar-refractivity contribution in [1.82, 2.24) is 4.90 Å². The van der Waals surface area contributed by atoms with Gasteiger partial charge in [-0.05, 0) is 49.9 Å². The Labute approximate surface area is 143 Å². The number of likely N-dealkylation sites (tertiary alicyclic amines) is 1. The third-order valence-electron chi connectivity index (χ3n) is 4.41. The van der Waals surface area contributed by atoms with Crippen molar-refractivity contribution in [3.63, 3.8) is 0 Å². The number of hydrogen-bond donors (Lipinski definition) is 1. The van der Waals surface area contributed by atoms with Crippen LogP contribution in [0.4, 0.5) is 5.69 Å². The van der Waals surface area contributed by atoms with Gasteiger partial charge < -0.3 is 10.2 Å². The minimum atomic E-state index is -0.0275. The molecule has 126 valence electrons. The maximum atomic E-state index is 12.4. The molecule has 0 aromatic heterocycles. The number of nitrogens with zero attached hydrogens (tertiary/aromatic N) is 1. The lowest BCUT2D eigenvalue weighted by Crippen LogP contribution is -2.41. The van der Waals surface area contributed by atoms with Crippen molar-refractivity contribution in [2.45, 2.75) is 46.0 Å². The predicted molar refractivity (Wildman–Crippen MR) is 93.6 cm³/mol. The number of carbonyl (C=O) groups excluding carboxylic acids is 2. The lowest BCUT2D eigenvalue weighted by molar-refractivity contribution is -0.134. The molecule has 0 aliphatic carbocycles. The van der Waals surface area contributed by atoms with E-state index in [2.05, 4.69) is 12.2 Å². The Morgan fingerprint density at radius 3 is 2.61 bits per heavy atom. The summed E-state index contributed by atoms with van der Waals surface area (Å²) >= 11 is 5.93. The molecular formula is C18H25ClN2O2. The van der Waals surface area contributed by atoms with Crippen molar-refractivity contribution in [3.05, 3.63) is 28.8 Å². The summed E-state index contributed by atoms with van der Waals surface area (Å²) < 4.78 is 0. The number of benzene rings is 1. The molecule has 4 nitrogen and oxygen atoms in total. The predicted octanol–water partition coefficient (Wildman–Crippen LogP) is 4.02. The highest BCUT2D eigenvalue weighted by molar-refractivity contribution is 6.30. The molecule has 2 rings (SSSR count). The second-order valence-corrected chi connectivity index (χ2v) is 6.64. The van der Waals surface area contributed by atoms with Crippen LogP contribution >= 0.6 is 11.6 Å². The van der Waals surface area contributed by atoms with Crippen molar-refractivity contribution in [2.24, 2.45) is 5.92 Å². The van der Waals surface area contributed by atoms with Gasteiger partial charge in [0.25, 0.3) is 0 Å². The van der Waals surface area contributed by atoms with Gasteiger partial charge in [-0.1, -0.05) is 24.9 Å². The normalized spacial score (nSPS) is 15.5. The standard InChI is InChI=1S/C18H25ClN2O2/c1-3-4-5-17(22)21-10-8-14(9-11-21)18(23)20-16-7-6-15(19)12-13(16)2/h6-7,12,14H,3-5,8-11H2,1-2H3,(H,20,23). The first-order chi connectivity index (χ1) is 11.0. The molecule has 5 heteroatoms. The lowest BCUT2D eigenvalue weighted by atomic mass is 9.95. The van der Waals surface area contributed by atoms with E-state index in [0.29, 0.717) is 24.5 Å².